The minimum atomic E-state index is 1.26. The van der Waals surface area contributed by atoms with E-state index in [1.807, 2.05) is 0 Å². The third-order valence-corrected chi connectivity index (χ3v) is 5.05. The molecule has 0 aliphatic carbocycles. The first kappa shape index (κ1) is 14.9. The summed E-state index contributed by atoms with van der Waals surface area (Å²) in [7, 11) is 0. The van der Waals surface area contributed by atoms with Crippen LogP contribution >= 0.6 is 0 Å². The van der Waals surface area contributed by atoms with E-state index in [0.717, 1.165) is 0 Å². The number of hydrogen-bond acceptors (Lipinski definition) is 0. The third-order valence-electron chi connectivity index (χ3n) is 5.05. The van der Waals surface area contributed by atoms with Crippen LogP contribution in [0.15, 0.2) is 109 Å². The Labute approximate surface area is 153 Å². The van der Waals surface area contributed by atoms with Crippen molar-refractivity contribution in [3.63, 3.8) is 0 Å². The predicted molar refractivity (Wildman–Crippen MR) is 112 cm³/mol. The van der Waals surface area contributed by atoms with Crippen molar-refractivity contribution in [2.24, 2.45) is 0 Å². The molecule has 0 saturated heterocycles. The maximum absolute atomic E-state index is 2.29. The van der Waals surface area contributed by atoms with Gasteiger partial charge in [0.05, 0.1) is 0 Å². The van der Waals surface area contributed by atoms with Gasteiger partial charge in [-0.3, -0.25) is 0 Å². The predicted octanol–water partition coefficient (Wildman–Crippen LogP) is 7.33. The fourth-order valence-electron chi connectivity index (χ4n) is 3.69. The second kappa shape index (κ2) is 6.16. The molecule has 0 bridgehead atoms. The number of rotatable bonds is 2. The molecule has 0 aliphatic heterocycles. The Hall–Kier alpha value is -3.38. The van der Waals surface area contributed by atoms with E-state index in [2.05, 4.69) is 109 Å². The quantitative estimate of drug-likeness (QED) is 0.297. The lowest BCUT2D eigenvalue weighted by molar-refractivity contribution is 1.64. The summed E-state index contributed by atoms with van der Waals surface area (Å²) in [6.45, 7) is 0. The van der Waals surface area contributed by atoms with Gasteiger partial charge in [0.15, 0.2) is 0 Å². The second-order valence-electron chi connectivity index (χ2n) is 6.67. The van der Waals surface area contributed by atoms with Crippen molar-refractivity contribution in [3.8, 4) is 22.3 Å². The van der Waals surface area contributed by atoms with Gasteiger partial charge in [0.1, 0.15) is 0 Å². The van der Waals surface area contributed by atoms with Gasteiger partial charge in [-0.25, -0.2) is 0 Å². The van der Waals surface area contributed by atoms with Crippen LogP contribution in [0.4, 0.5) is 0 Å². The molecular weight excluding hydrogens is 312 g/mol. The fourth-order valence-corrected chi connectivity index (χ4v) is 3.69. The topological polar surface area (TPSA) is 0 Å². The first-order valence-electron chi connectivity index (χ1n) is 8.96. The van der Waals surface area contributed by atoms with E-state index >= 15 is 0 Å². The molecule has 0 saturated carbocycles. The van der Waals surface area contributed by atoms with Gasteiger partial charge in [0.25, 0.3) is 0 Å². The standard InChI is InChI=1S/C26H18/c1-3-7-19(8-4-1)21-13-15-25-23(17-21)11-12-24-18-22(14-16-26(24)25)20-9-5-2-6-10-20/h1-18H. The van der Waals surface area contributed by atoms with Gasteiger partial charge in [-0.05, 0) is 55.9 Å². The summed E-state index contributed by atoms with van der Waals surface area (Å²) in [6.07, 6.45) is 0. The van der Waals surface area contributed by atoms with Crippen LogP contribution in [-0.4, -0.2) is 0 Å². The lowest BCUT2D eigenvalue weighted by Gasteiger charge is -2.09. The lowest BCUT2D eigenvalue weighted by Crippen LogP contribution is -1.83. The molecule has 0 atom stereocenters. The van der Waals surface area contributed by atoms with Crippen LogP contribution in [0.5, 0.6) is 0 Å². The first-order chi connectivity index (χ1) is 12.9. The molecule has 122 valence electrons. The van der Waals surface area contributed by atoms with Crippen molar-refractivity contribution in [2.45, 2.75) is 0 Å². The molecule has 5 aromatic rings. The highest BCUT2D eigenvalue weighted by atomic mass is 14.1. The molecule has 0 spiro atoms. The molecule has 0 nitrogen and oxygen atoms in total. The monoisotopic (exact) mass is 330 g/mol. The molecule has 0 fully saturated rings. The van der Waals surface area contributed by atoms with Gasteiger partial charge >= 0.3 is 0 Å². The molecule has 0 amide bonds. The molecule has 0 aliphatic rings. The van der Waals surface area contributed by atoms with E-state index in [4.69, 9.17) is 0 Å². The van der Waals surface area contributed by atoms with Crippen LogP contribution in [0.1, 0.15) is 0 Å². The van der Waals surface area contributed by atoms with Gasteiger partial charge in [0.2, 0.25) is 0 Å². The van der Waals surface area contributed by atoms with Gasteiger partial charge in [0, 0.05) is 0 Å². The van der Waals surface area contributed by atoms with Gasteiger partial charge < -0.3 is 0 Å². The van der Waals surface area contributed by atoms with Crippen molar-refractivity contribution in [2.75, 3.05) is 0 Å². The maximum atomic E-state index is 2.29. The molecule has 0 heterocycles. The minimum Gasteiger partial charge on any atom is -0.0622 e. The fraction of sp³-hybridized carbons (Fsp3) is 0. The Balaban J connectivity index is 1.66. The van der Waals surface area contributed by atoms with Gasteiger partial charge in [-0.15, -0.1) is 0 Å². The van der Waals surface area contributed by atoms with Gasteiger partial charge in [-0.2, -0.15) is 0 Å². The highest BCUT2D eigenvalue weighted by Gasteiger charge is 2.05. The minimum absolute atomic E-state index is 1.26. The first-order valence-corrected chi connectivity index (χ1v) is 8.96. The molecule has 26 heavy (non-hydrogen) atoms. The van der Waals surface area contributed by atoms with Crippen LogP contribution in [0.25, 0.3) is 43.8 Å². The van der Waals surface area contributed by atoms with E-state index in [1.165, 1.54) is 43.8 Å². The molecule has 5 aromatic carbocycles. The van der Waals surface area contributed by atoms with Crippen molar-refractivity contribution < 1.29 is 0 Å². The van der Waals surface area contributed by atoms with E-state index < -0.39 is 0 Å². The van der Waals surface area contributed by atoms with E-state index in [-0.39, 0.29) is 0 Å². The van der Waals surface area contributed by atoms with Crippen LogP contribution in [0, 0.1) is 0 Å². The highest BCUT2D eigenvalue weighted by molar-refractivity contribution is 6.09. The van der Waals surface area contributed by atoms with E-state index in [1.54, 1.807) is 0 Å². The molecule has 0 radical (unpaired) electrons. The van der Waals surface area contributed by atoms with Crippen molar-refractivity contribution in [3.05, 3.63) is 109 Å². The normalized spacial score (nSPS) is 11.1. The Morgan fingerprint density at radius 1 is 0.308 bits per heavy atom. The van der Waals surface area contributed by atoms with Gasteiger partial charge in [-0.1, -0.05) is 97.1 Å². The zero-order chi connectivity index (χ0) is 17.3. The summed E-state index contributed by atoms with van der Waals surface area (Å²) < 4.78 is 0. The zero-order valence-electron chi connectivity index (χ0n) is 14.4. The number of benzene rings is 5. The average molecular weight is 330 g/mol. The second-order valence-corrected chi connectivity index (χ2v) is 6.67. The third kappa shape index (κ3) is 2.57. The summed E-state index contributed by atoms with van der Waals surface area (Å²) in [5.41, 5.74) is 5.04. The van der Waals surface area contributed by atoms with Crippen molar-refractivity contribution >= 4 is 21.5 Å². The average Bonchev–Trinajstić information content (AvgIpc) is 2.74. The molecule has 0 N–H and O–H groups in total. The zero-order valence-corrected chi connectivity index (χ0v) is 14.4. The Kier molecular flexibility index (Phi) is 3.54. The SMILES string of the molecule is c1ccc(-c2ccc3c(ccc4cc(-c5ccccc5)ccc43)c2)cc1. The van der Waals surface area contributed by atoms with Crippen LogP contribution < -0.4 is 0 Å². The Morgan fingerprint density at radius 2 is 0.731 bits per heavy atom. The van der Waals surface area contributed by atoms with Crippen molar-refractivity contribution in [1.82, 2.24) is 0 Å². The summed E-state index contributed by atoms with van der Waals surface area (Å²) >= 11 is 0. The molecule has 0 unspecified atom stereocenters. The van der Waals surface area contributed by atoms with Crippen molar-refractivity contribution in [1.29, 1.82) is 0 Å². The summed E-state index contributed by atoms with van der Waals surface area (Å²) in [5, 5.41) is 5.18. The van der Waals surface area contributed by atoms with E-state index in [0.29, 0.717) is 0 Å². The molecule has 5 rings (SSSR count). The maximum Gasteiger partial charge on any atom is -0.0105 e. The van der Waals surface area contributed by atoms with Crippen LogP contribution in [-0.2, 0) is 0 Å². The van der Waals surface area contributed by atoms with Crippen LogP contribution in [0.3, 0.4) is 0 Å². The largest absolute Gasteiger partial charge is 0.0622 e. The number of hydrogen-bond donors (Lipinski definition) is 0. The summed E-state index contributed by atoms with van der Waals surface area (Å²) in [4.78, 5) is 0. The Bertz CT molecular complexity index is 1100. The number of fused-ring (bicyclic) bond motifs is 3. The molecule has 0 aromatic heterocycles. The highest BCUT2D eigenvalue weighted by Crippen LogP contribution is 2.32. The summed E-state index contributed by atoms with van der Waals surface area (Å²) in [6, 6.07) is 39.1. The lowest BCUT2D eigenvalue weighted by atomic mass is 9.95. The van der Waals surface area contributed by atoms with E-state index in [9.17, 15) is 0 Å². The summed E-state index contributed by atoms with van der Waals surface area (Å²) in [5.74, 6) is 0. The van der Waals surface area contributed by atoms with Crippen LogP contribution in [0.2, 0.25) is 0 Å². The molecule has 0 heteroatoms. The Morgan fingerprint density at radius 3 is 1.15 bits per heavy atom. The molecular formula is C26H18. The smallest absolute Gasteiger partial charge is 0.0105 e.